The first kappa shape index (κ1) is 17.8. The molecule has 2 aromatic rings. The molecule has 1 aliphatic rings. The number of amides is 1. The maximum absolute atomic E-state index is 11.9. The van der Waals surface area contributed by atoms with Gasteiger partial charge in [0, 0.05) is 24.9 Å². The van der Waals surface area contributed by atoms with Gasteiger partial charge in [-0.25, -0.2) is 0 Å². The maximum Gasteiger partial charge on any atom is 0.258 e. The maximum atomic E-state index is 11.9. The predicted molar refractivity (Wildman–Crippen MR) is 98.9 cm³/mol. The minimum atomic E-state index is -0.162. The van der Waals surface area contributed by atoms with E-state index < -0.39 is 0 Å². The van der Waals surface area contributed by atoms with Crippen LogP contribution in [0.15, 0.2) is 48.5 Å². The van der Waals surface area contributed by atoms with Crippen molar-refractivity contribution in [2.45, 2.75) is 25.9 Å². The second-order valence-electron chi connectivity index (χ2n) is 6.45. The van der Waals surface area contributed by atoms with Gasteiger partial charge in [0.1, 0.15) is 12.3 Å². The summed E-state index contributed by atoms with van der Waals surface area (Å²) in [5, 5.41) is 3.37. The molecule has 1 heterocycles. The van der Waals surface area contributed by atoms with Crippen LogP contribution in [-0.4, -0.2) is 25.6 Å². The van der Waals surface area contributed by atoms with Gasteiger partial charge >= 0.3 is 0 Å². The van der Waals surface area contributed by atoms with Crippen molar-refractivity contribution in [2.24, 2.45) is 0 Å². The van der Waals surface area contributed by atoms with Crippen molar-refractivity contribution in [1.82, 2.24) is 5.32 Å². The highest BCUT2D eigenvalue weighted by molar-refractivity contribution is 6.32. The molecule has 0 aliphatic carbocycles. The van der Waals surface area contributed by atoms with Gasteiger partial charge in [-0.05, 0) is 17.7 Å². The minimum Gasteiger partial charge on any atom is -0.482 e. The number of likely N-dealkylation sites (tertiary alicyclic amines) is 1. The Bertz CT molecular complexity index is 697. The lowest BCUT2D eigenvalue weighted by atomic mass is 10.1. The highest BCUT2D eigenvalue weighted by atomic mass is 35.5. The van der Waals surface area contributed by atoms with E-state index in [1.54, 1.807) is 17.0 Å². The van der Waals surface area contributed by atoms with Crippen molar-refractivity contribution in [2.75, 3.05) is 19.7 Å². The molecule has 5 heteroatoms. The summed E-state index contributed by atoms with van der Waals surface area (Å²) >= 11 is 6.00. The van der Waals surface area contributed by atoms with Crippen molar-refractivity contribution in [3.8, 4) is 5.75 Å². The van der Waals surface area contributed by atoms with E-state index in [0.717, 1.165) is 12.1 Å². The van der Waals surface area contributed by atoms with E-state index >= 15 is 0 Å². The molecule has 1 aliphatic heterocycles. The van der Waals surface area contributed by atoms with E-state index in [1.807, 2.05) is 12.1 Å². The van der Waals surface area contributed by atoms with Crippen LogP contribution in [0.4, 0.5) is 0 Å². The first-order valence-electron chi connectivity index (χ1n) is 8.76. The third-order valence-corrected chi connectivity index (χ3v) is 4.79. The van der Waals surface area contributed by atoms with Gasteiger partial charge in [0.25, 0.3) is 5.91 Å². The lowest BCUT2D eigenvalue weighted by molar-refractivity contribution is -0.901. The number of rotatable bonds is 7. The van der Waals surface area contributed by atoms with Gasteiger partial charge in [0.15, 0.2) is 6.61 Å². The molecule has 1 saturated heterocycles. The van der Waals surface area contributed by atoms with Crippen molar-refractivity contribution < 1.29 is 14.4 Å². The second kappa shape index (κ2) is 8.88. The van der Waals surface area contributed by atoms with Crippen molar-refractivity contribution >= 4 is 17.5 Å². The molecule has 0 saturated carbocycles. The Balaban J connectivity index is 1.41. The number of para-hydroxylation sites is 1. The SMILES string of the molecule is O=C(COc1ccccc1Cl)NCc1ccc(C[NH+]2CCCC2)cc1. The lowest BCUT2D eigenvalue weighted by Gasteiger charge is -2.12. The Morgan fingerprint density at radius 1 is 1.04 bits per heavy atom. The zero-order valence-corrected chi connectivity index (χ0v) is 15.0. The Morgan fingerprint density at radius 2 is 1.72 bits per heavy atom. The van der Waals surface area contributed by atoms with E-state index in [9.17, 15) is 4.79 Å². The summed E-state index contributed by atoms with van der Waals surface area (Å²) in [6.07, 6.45) is 2.69. The number of ether oxygens (including phenoxy) is 1. The second-order valence-corrected chi connectivity index (χ2v) is 6.85. The monoisotopic (exact) mass is 359 g/mol. The van der Waals surface area contributed by atoms with Gasteiger partial charge in [-0.1, -0.05) is 48.0 Å². The zero-order chi connectivity index (χ0) is 17.5. The quantitative estimate of drug-likeness (QED) is 0.796. The smallest absolute Gasteiger partial charge is 0.258 e. The summed E-state index contributed by atoms with van der Waals surface area (Å²) in [4.78, 5) is 13.6. The molecule has 0 spiro atoms. The van der Waals surface area contributed by atoms with Gasteiger partial charge in [-0.3, -0.25) is 4.79 Å². The number of hydrogen-bond acceptors (Lipinski definition) is 2. The van der Waals surface area contributed by atoms with Crippen molar-refractivity contribution in [3.05, 3.63) is 64.7 Å². The summed E-state index contributed by atoms with van der Waals surface area (Å²) in [6.45, 7) is 4.12. The van der Waals surface area contributed by atoms with E-state index in [1.165, 1.54) is 31.5 Å². The Kier molecular flexibility index (Phi) is 6.31. The fourth-order valence-electron chi connectivity index (χ4n) is 3.07. The van der Waals surface area contributed by atoms with Gasteiger partial charge in [0.05, 0.1) is 18.1 Å². The number of benzene rings is 2. The number of carbonyl (C=O) groups is 1. The van der Waals surface area contributed by atoms with Crippen LogP contribution >= 0.6 is 11.6 Å². The Morgan fingerprint density at radius 3 is 2.44 bits per heavy atom. The van der Waals surface area contributed by atoms with Gasteiger partial charge in [-0.15, -0.1) is 0 Å². The third-order valence-electron chi connectivity index (χ3n) is 4.47. The van der Waals surface area contributed by atoms with Crippen LogP contribution in [0, 0.1) is 0 Å². The van der Waals surface area contributed by atoms with Crippen LogP contribution in [-0.2, 0) is 17.9 Å². The molecule has 1 fully saturated rings. The number of nitrogens with one attached hydrogen (secondary N) is 2. The van der Waals surface area contributed by atoms with E-state index in [0.29, 0.717) is 17.3 Å². The van der Waals surface area contributed by atoms with Crippen LogP contribution in [0.5, 0.6) is 5.75 Å². The van der Waals surface area contributed by atoms with Crippen LogP contribution < -0.4 is 15.0 Å². The standard InChI is InChI=1S/C20H23ClN2O2/c21-18-5-1-2-6-19(18)25-15-20(24)22-13-16-7-9-17(10-8-16)14-23-11-3-4-12-23/h1-2,5-10H,3-4,11-15H2,(H,22,24)/p+1. The molecule has 4 nitrogen and oxygen atoms in total. The molecule has 0 aromatic heterocycles. The predicted octanol–water partition coefficient (Wildman–Crippen LogP) is 2.21. The molecule has 0 atom stereocenters. The van der Waals surface area contributed by atoms with E-state index in [2.05, 4.69) is 29.6 Å². The summed E-state index contributed by atoms with van der Waals surface area (Å²) in [5.41, 5.74) is 2.44. The topological polar surface area (TPSA) is 42.8 Å². The van der Waals surface area contributed by atoms with Crippen molar-refractivity contribution in [3.63, 3.8) is 0 Å². The molecular weight excluding hydrogens is 336 g/mol. The molecule has 0 unspecified atom stereocenters. The molecule has 2 N–H and O–H groups in total. The Labute approximate surface area is 153 Å². The van der Waals surface area contributed by atoms with Gasteiger partial charge < -0.3 is 15.0 Å². The van der Waals surface area contributed by atoms with Crippen molar-refractivity contribution in [1.29, 1.82) is 0 Å². The molecule has 0 bridgehead atoms. The summed E-state index contributed by atoms with van der Waals surface area (Å²) in [7, 11) is 0. The Hall–Kier alpha value is -2.04. The van der Waals surface area contributed by atoms with Crippen LogP contribution in [0.25, 0.3) is 0 Å². The molecular formula is C20H24ClN2O2+. The first-order valence-corrected chi connectivity index (χ1v) is 9.14. The molecule has 2 aromatic carbocycles. The van der Waals surface area contributed by atoms with E-state index in [-0.39, 0.29) is 12.5 Å². The third kappa shape index (κ3) is 5.48. The molecule has 25 heavy (non-hydrogen) atoms. The number of halogens is 1. The van der Waals surface area contributed by atoms with Crippen LogP contribution in [0.1, 0.15) is 24.0 Å². The van der Waals surface area contributed by atoms with E-state index in [4.69, 9.17) is 16.3 Å². The molecule has 0 radical (unpaired) electrons. The summed E-state index contributed by atoms with van der Waals surface area (Å²) in [6, 6.07) is 15.6. The average Bonchev–Trinajstić information content (AvgIpc) is 3.13. The molecule has 1 amide bonds. The normalized spacial score (nSPS) is 14.4. The van der Waals surface area contributed by atoms with Gasteiger partial charge in [0.2, 0.25) is 0 Å². The fraction of sp³-hybridized carbons (Fsp3) is 0.350. The zero-order valence-electron chi connectivity index (χ0n) is 14.3. The minimum absolute atomic E-state index is 0.0415. The fourth-order valence-corrected chi connectivity index (χ4v) is 3.26. The highest BCUT2D eigenvalue weighted by Crippen LogP contribution is 2.22. The van der Waals surface area contributed by atoms with Crippen LogP contribution in [0.3, 0.4) is 0 Å². The van der Waals surface area contributed by atoms with Gasteiger partial charge in [-0.2, -0.15) is 0 Å². The molecule has 132 valence electrons. The summed E-state index contributed by atoms with van der Waals surface area (Å²) < 4.78 is 5.43. The number of carbonyl (C=O) groups excluding carboxylic acids is 1. The molecule has 3 rings (SSSR count). The number of hydrogen-bond donors (Lipinski definition) is 2. The number of quaternary nitrogens is 1. The average molecular weight is 360 g/mol. The first-order chi connectivity index (χ1) is 12.2. The highest BCUT2D eigenvalue weighted by Gasteiger charge is 2.15. The van der Waals surface area contributed by atoms with Crippen LogP contribution in [0.2, 0.25) is 5.02 Å². The summed E-state index contributed by atoms with van der Waals surface area (Å²) in [5.74, 6) is 0.360. The largest absolute Gasteiger partial charge is 0.482 e. The lowest BCUT2D eigenvalue weighted by Crippen LogP contribution is -3.08.